The molecule has 0 saturated heterocycles. The van der Waals surface area contributed by atoms with Gasteiger partial charge in [-0.1, -0.05) is 19.9 Å². The number of amides is 1. The van der Waals surface area contributed by atoms with Crippen LogP contribution in [0, 0.1) is 11.7 Å². The average Bonchev–Trinajstić information content (AvgIpc) is 2.40. The Balaban J connectivity index is 0.00000264. The summed E-state index contributed by atoms with van der Waals surface area (Å²) < 4.78 is 38.0. The summed E-state index contributed by atoms with van der Waals surface area (Å²) in [6.45, 7) is 4.83. The molecule has 2 rings (SSSR count). The van der Waals surface area contributed by atoms with Crippen LogP contribution in [0.1, 0.15) is 25.0 Å². The second-order valence-electron chi connectivity index (χ2n) is 5.99. The summed E-state index contributed by atoms with van der Waals surface area (Å²) in [5.41, 5.74) is 1.50. The molecule has 8 heteroatoms. The van der Waals surface area contributed by atoms with Gasteiger partial charge in [-0.25, -0.2) is 12.8 Å². The van der Waals surface area contributed by atoms with Gasteiger partial charge >= 0.3 is 0 Å². The van der Waals surface area contributed by atoms with Crippen LogP contribution >= 0.6 is 12.4 Å². The van der Waals surface area contributed by atoms with Crippen LogP contribution in [0.4, 0.5) is 10.1 Å². The van der Waals surface area contributed by atoms with Gasteiger partial charge in [-0.05, 0) is 36.1 Å². The number of fused-ring (bicyclic) bond motifs is 1. The molecule has 0 aliphatic carbocycles. The highest BCUT2D eigenvalue weighted by molar-refractivity contribution is 7.92. The number of halogens is 2. The maximum Gasteiger partial charge on any atom is 0.239 e. The lowest BCUT2D eigenvalue weighted by atomic mass is 9.99. The van der Waals surface area contributed by atoms with Crippen LogP contribution in [0.15, 0.2) is 12.1 Å². The first kappa shape index (κ1) is 19.9. The van der Waals surface area contributed by atoms with Gasteiger partial charge in [-0.3, -0.25) is 4.79 Å². The molecule has 1 heterocycles. The zero-order valence-corrected chi connectivity index (χ0v) is 14.8. The molecule has 0 spiro atoms. The van der Waals surface area contributed by atoms with Gasteiger partial charge in [-0.2, -0.15) is 0 Å². The zero-order valence-electron chi connectivity index (χ0n) is 13.2. The molecule has 0 fully saturated rings. The summed E-state index contributed by atoms with van der Waals surface area (Å²) in [6, 6.07) is 3.23. The second-order valence-corrected chi connectivity index (χ2v) is 8.10. The summed E-state index contributed by atoms with van der Waals surface area (Å²) in [7, 11) is -3.47. The highest BCUT2D eigenvalue weighted by Crippen LogP contribution is 2.24. The summed E-state index contributed by atoms with van der Waals surface area (Å²) in [4.78, 5) is 11.9. The Bertz CT molecular complexity index is 678. The molecule has 1 aliphatic heterocycles. The van der Waals surface area contributed by atoms with Gasteiger partial charge in [0.05, 0.1) is 11.4 Å². The maximum absolute atomic E-state index is 14.4. The fourth-order valence-electron chi connectivity index (χ4n) is 2.58. The van der Waals surface area contributed by atoms with Crippen molar-refractivity contribution >= 4 is 33.8 Å². The average molecular weight is 365 g/mol. The van der Waals surface area contributed by atoms with Crippen LogP contribution in [0.25, 0.3) is 0 Å². The number of hydrogen-bond acceptors (Lipinski definition) is 4. The first-order chi connectivity index (χ1) is 10.3. The molecule has 0 bridgehead atoms. The van der Waals surface area contributed by atoms with E-state index in [9.17, 15) is 17.6 Å². The van der Waals surface area contributed by atoms with Gasteiger partial charge in [0, 0.05) is 6.54 Å². The van der Waals surface area contributed by atoms with Crippen LogP contribution in [0.2, 0.25) is 0 Å². The number of sulfone groups is 1. The molecule has 2 N–H and O–H groups in total. The predicted octanol–water partition coefficient (Wildman–Crippen LogP) is 1.90. The van der Waals surface area contributed by atoms with Gasteiger partial charge in [0.25, 0.3) is 0 Å². The number of anilines is 1. The van der Waals surface area contributed by atoms with Crippen molar-refractivity contribution in [2.75, 3.05) is 23.4 Å². The van der Waals surface area contributed by atoms with Crippen LogP contribution < -0.4 is 10.6 Å². The van der Waals surface area contributed by atoms with Gasteiger partial charge in [0.2, 0.25) is 5.91 Å². The molecule has 130 valence electrons. The van der Waals surface area contributed by atoms with Crippen molar-refractivity contribution in [1.82, 2.24) is 5.32 Å². The molecule has 0 atom stereocenters. The van der Waals surface area contributed by atoms with E-state index >= 15 is 0 Å². The minimum Gasteiger partial charge on any atom is -0.323 e. The summed E-state index contributed by atoms with van der Waals surface area (Å²) in [6.07, 6.45) is 0.552. The predicted molar refractivity (Wildman–Crippen MR) is 91.2 cm³/mol. The van der Waals surface area contributed by atoms with Crippen molar-refractivity contribution in [3.05, 3.63) is 29.1 Å². The van der Waals surface area contributed by atoms with E-state index < -0.39 is 27.3 Å². The number of nitrogens with one attached hydrogen (secondary N) is 2. The standard InChI is InChI=1S/C15H21FN2O3S.ClH/c1-10(2)8-22(20,21)9-14(19)18-13-4-3-11-7-17-6-5-12(11)15(13)16;/h3-4,10,17H,5-9H2,1-2H3,(H,18,19);1H. The Hall–Kier alpha value is -1.18. The molecule has 23 heavy (non-hydrogen) atoms. The molecule has 5 nitrogen and oxygen atoms in total. The van der Waals surface area contributed by atoms with Crippen molar-refractivity contribution < 1.29 is 17.6 Å². The summed E-state index contributed by atoms with van der Waals surface area (Å²) in [5, 5.41) is 5.52. The second kappa shape index (κ2) is 8.08. The lowest BCUT2D eigenvalue weighted by Crippen LogP contribution is -2.28. The molecule has 1 amide bonds. The molecule has 0 aromatic heterocycles. The third kappa shape index (κ3) is 5.44. The van der Waals surface area contributed by atoms with Gasteiger partial charge in [0.1, 0.15) is 11.6 Å². The highest BCUT2D eigenvalue weighted by atomic mass is 35.5. The molecular weight excluding hydrogens is 343 g/mol. The third-order valence-corrected chi connectivity index (χ3v) is 5.30. The van der Waals surface area contributed by atoms with Crippen molar-refractivity contribution in [3.8, 4) is 0 Å². The van der Waals surface area contributed by atoms with E-state index in [0.717, 1.165) is 5.56 Å². The monoisotopic (exact) mass is 364 g/mol. The van der Waals surface area contributed by atoms with Crippen LogP contribution in [-0.2, 0) is 27.6 Å². The van der Waals surface area contributed by atoms with Gasteiger partial charge in [0.15, 0.2) is 9.84 Å². The van der Waals surface area contributed by atoms with E-state index in [1.807, 2.05) is 0 Å². The summed E-state index contributed by atoms with van der Waals surface area (Å²) in [5.74, 6) is -1.89. The van der Waals surface area contributed by atoms with E-state index in [1.165, 1.54) is 6.07 Å². The Morgan fingerprint density at radius 3 is 2.74 bits per heavy atom. The van der Waals surface area contributed by atoms with Crippen LogP contribution in [0.5, 0.6) is 0 Å². The fraction of sp³-hybridized carbons (Fsp3) is 0.533. The van der Waals surface area contributed by atoms with Crippen molar-refractivity contribution in [2.45, 2.75) is 26.8 Å². The number of carbonyl (C=O) groups is 1. The minimum absolute atomic E-state index is 0. The normalized spacial score (nSPS) is 14.1. The van der Waals surface area contributed by atoms with Crippen LogP contribution in [0.3, 0.4) is 0 Å². The smallest absolute Gasteiger partial charge is 0.239 e. The SMILES string of the molecule is CC(C)CS(=O)(=O)CC(=O)Nc1ccc2c(c1F)CCNC2.Cl. The fourth-order valence-corrected chi connectivity index (χ4v) is 4.19. The minimum atomic E-state index is -3.47. The topological polar surface area (TPSA) is 75.3 Å². The van der Waals surface area contributed by atoms with E-state index in [0.29, 0.717) is 25.1 Å². The Morgan fingerprint density at radius 2 is 2.09 bits per heavy atom. The molecule has 1 aromatic carbocycles. The Morgan fingerprint density at radius 1 is 1.39 bits per heavy atom. The van der Waals surface area contributed by atoms with E-state index in [4.69, 9.17) is 0 Å². The molecule has 0 unspecified atom stereocenters. The van der Waals surface area contributed by atoms with Gasteiger partial charge in [-0.15, -0.1) is 12.4 Å². The third-order valence-electron chi connectivity index (χ3n) is 3.42. The van der Waals surface area contributed by atoms with E-state index in [1.54, 1.807) is 19.9 Å². The molecule has 0 radical (unpaired) electrons. The molecule has 0 saturated carbocycles. The zero-order chi connectivity index (χ0) is 16.3. The van der Waals surface area contributed by atoms with Crippen molar-refractivity contribution in [2.24, 2.45) is 5.92 Å². The molecule has 1 aliphatic rings. The van der Waals surface area contributed by atoms with Crippen LogP contribution in [-0.4, -0.2) is 32.4 Å². The van der Waals surface area contributed by atoms with Gasteiger partial charge < -0.3 is 10.6 Å². The number of carbonyl (C=O) groups excluding carboxylic acids is 1. The summed E-state index contributed by atoms with van der Waals surface area (Å²) >= 11 is 0. The van der Waals surface area contributed by atoms with Crippen molar-refractivity contribution in [1.29, 1.82) is 0 Å². The largest absolute Gasteiger partial charge is 0.323 e. The number of rotatable bonds is 5. The number of hydrogen-bond donors (Lipinski definition) is 2. The van der Waals surface area contributed by atoms with E-state index in [2.05, 4.69) is 10.6 Å². The molecule has 1 aromatic rings. The Labute approximate surface area is 142 Å². The quantitative estimate of drug-likeness (QED) is 0.836. The van der Waals surface area contributed by atoms with Crippen molar-refractivity contribution in [3.63, 3.8) is 0 Å². The first-order valence-electron chi connectivity index (χ1n) is 7.30. The number of benzene rings is 1. The lowest BCUT2D eigenvalue weighted by Gasteiger charge is -2.19. The molecular formula is C15H22ClFN2O3S. The lowest BCUT2D eigenvalue weighted by molar-refractivity contribution is -0.113. The highest BCUT2D eigenvalue weighted by Gasteiger charge is 2.21. The maximum atomic E-state index is 14.4. The Kier molecular flexibility index (Phi) is 6.98. The first-order valence-corrected chi connectivity index (χ1v) is 9.12. The van der Waals surface area contributed by atoms with E-state index in [-0.39, 0.29) is 29.8 Å².